The molecule has 4 heteroatoms. The Balaban J connectivity index is 2.25. The molecular weight excluding hydrogens is 328 g/mol. The molecule has 0 spiro atoms. The molecule has 0 amide bonds. The third kappa shape index (κ3) is 3.13. The highest BCUT2D eigenvalue weighted by Gasteiger charge is 2.24. The van der Waals surface area contributed by atoms with Gasteiger partial charge in [-0.2, -0.15) is 0 Å². The molecule has 0 radical (unpaired) electrons. The van der Waals surface area contributed by atoms with E-state index in [0.717, 1.165) is 0 Å². The van der Waals surface area contributed by atoms with Crippen LogP contribution in [0.15, 0.2) is 72.8 Å². The molecule has 3 aromatic rings. The first-order chi connectivity index (χ1) is 12.7. The number of benzene rings is 3. The molecule has 0 aliphatic carbocycles. The van der Waals surface area contributed by atoms with Crippen LogP contribution in [0.5, 0.6) is 0 Å². The second-order valence-corrected chi connectivity index (χ2v) is 5.62. The predicted molar refractivity (Wildman–Crippen MR) is 97.0 cm³/mol. The Morgan fingerprint density at radius 3 is 1.65 bits per heavy atom. The molecule has 0 aromatic heterocycles. The van der Waals surface area contributed by atoms with E-state index in [4.69, 9.17) is 0 Å². The quantitative estimate of drug-likeness (QED) is 0.505. The fourth-order valence-electron chi connectivity index (χ4n) is 2.78. The fourth-order valence-corrected chi connectivity index (χ4v) is 2.78. The van der Waals surface area contributed by atoms with Crippen molar-refractivity contribution in [3.63, 3.8) is 0 Å². The number of ketones is 2. The summed E-state index contributed by atoms with van der Waals surface area (Å²) in [5, 5.41) is 0. The van der Waals surface area contributed by atoms with Crippen LogP contribution < -0.4 is 0 Å². The van der Waals surface area contributed by atoms with Gasteiger partial charge in [-0.05, 0) is 6.07 Å². The lowest BCUT2D eigenvalue weighted by atomic mass is 9.88. The highest BCUT2D eigenvalue weighted by molar-refractivity contribution is 6.23. The van der Waals surface area contributed by atoms with Crippen molar-refractivity contribution in [2.45, 2.75) is 0 Å². The number of hydrogen-bond acceptors (Lipinski definition) is 4. The summed E-state index contributed by atoms with van der Waals surface area (Å²) in [6.07, 6.45) is 0.948. The van der Waals surface area contributed by atoms with E-state index in [2.05, 4.69) is 0 Å². The SMILES string of the molecule is O=Cc1ccc(C(=O)c2ccccc2)c(C(=O)c2ccccc2)c1C=O. The molecule has 126 valence electrons. The summed E-state index contributed by atoms with van der Waals surface area (Å²) >= 11 is 0. The van der Waals surface area contributed by atoms with E-state index in [9.17, 15) is 19.2 Å². The van der Waals surface area contributed by atoms with Gasteiger partial charge in [0.1, 0.15) is 0 Å². The van der Waals surface area contributed by atoms with Gasteiger partial charge in [0.2, 0.25) is 0 Å². The lowest BCUT2D eigenvalue weighted by molar-refractivity contribution is 0.0998. The molecule has 0 unspecified atom stereocenters. The third-order valence-electron chi connectivity index (χ3n) is 4.07. The summed E-state index contributed by atoms with van der Waals surface area (Å²) in [7, 11) is 0. The summed E-state index contributed by atoms with van der Waals surface area (Å²) in [5.41, 5.74) is 0.771. The zero-order valence-electron chi connectivity index (χ0n) is 13.7. The zero-order chi connectivity index (χ0) is 18.5. The molecular formula is C22H14O4. The lowest BCUT2D eigenvalue weighted by Gasteiger charge is -2.12. The van der Waals surface area contributed by atoms with Crippen molar-refractivity contribution < 1.29 is 19.2 Å². The van der Waals surface area contributed by atoms with E-state index in [-0.39, 0.29) is 28.0 Å². The maximum atomic E-state index is 13.0. The van der Waals surface area contributed by atoms with Gasteiger partial charge in [-0.3, -0.25) is 19.2 Å². The Hall–Kier alpha value is -3.66. The van der Waals surface area contributed by atoms with Gasteiger partial charge in [-0.15, -0.1) is 0 Å². The van der Waals surface area contributed by atoms with Crippen molar-refractivity contribution in [3.8, 4) is 0 Å². The second kappa shape index (κ2) is 7.49. The number of hydrogen-bond donors (Lipinski definition) is 0. The van der Waals surface area contributed by atoms with Gasteiger partial charge in [0.25, 0.3) is 0 Å². The molecule has 3 rings (SSSR count). The van der Waals surface area contributed by atoms with Gasteiger partial charge < -0.3 is 0 Å². The number of aldehydes is 2. The standard InChI is InChI=1S/C22H14O4/c23-13-17-11-12-18(21(25)15-7-3-1-4-8-15)20(19(17)14-24)22(26)16-9-5-2-6-10-16/h1-14H. The van der Waals surface area contributed by atoms with Crippen LogP contribution in [0, 0.1) is 0 Å². The first-order valence-electron chi connectivity index (χ1n) is 7.94. The normalized spacial score (nSPS) is 10.2. The van der Waals surface area contributed by atoms with E-state index in [1.54, 1.807) is 60.7 Å². The number of carbonyl (C=O) groups excluding carboxylic acids is 4. The molecule has 0 bridgehead atoms. The van der Waals surface area contributed by atoms with Crippen LogP contribution in [0.4, 0.5) is 0 Å². The van der Waals surface area contributed by atoms with E-state index in [1.165, 1.54) is 12.1 Å². The summed E-state index contributed by atoms with van der Waals surface area (Å²) in [4.78, 5) is 48.9. The topological polar surface area (TPSA) is 68.3 Å². The Labute approximate surface area is 150 Å². The first kappa shape index (κ1) is 17.2. The molecule has 0 saturated heterocycles. The second-order valence-electron chi connectivity index (χ2n) is 5.62. The van der Waals surface area contributed by atoms with Gasteiger partial charge in [0.05, 0.1) is 0 Å². The molecule has 4 nitrogen and oxygen atoms in total. The molecule has 3 aromatic carbocycles. The van der Waals surface area contributed by atoms with Crippen LogP contribution in [0.1, 0.15) is 52.6 Å². The smallest absolute Gasteiger partial charge is 0.194 e. The summed E-state index contributed by atoms with van der Waals surface area (Å²) in [5.74, 6) is -0.860. The molecule has 0 aliphatic rings. The maximum Gasteiger partial charge on any atom is 0.194 e. The Kier molecular flexibility index (Phi) is 4.94. The van der Waals surface area contributed by atoms with Crippen LogP contribution in [-0.4, -0.2) is 24.1 Å². The molecule has 0 fully saturated rings. The summed E-state index contributed by atoms with van der Waals surface area (Å²) in [6.45, 7) is 0. The van der Waals surface area contributed by atoms with Crippen LogP contribution in [0.3, 0.4) is 0 Å². The third-order valence-corrected chi connectivity index (χ3v) is 4.07. The van der Waals surface area contributed by atoms with Gasteiger partial charge in [-0.1, -0.05) is 66.7 Å². The Morgan fingerprint density at radius 1 is 0.615 bits per heavy atom. The molecule has 0 aliphatic heterocycles. The minimum absolute atomic E-state index is 0.0512. The summed E-state index contributed by atoms with van der Waals surface area (Å²) < 4.78 is 0. The van der Waals surface area contributed by atoms with Crippen molar-refractivity contribution in [1.82, 2.24) is 0 Å². The average Bonchev–Trinajstić information content (AvgIpc) is 2.72. The van der Waals surface area contributed by atoms with Crippen molar-refractivity contribution in [2.24, 2.45) is 0 Å². The Morgan fingerprint density at radius 2 is 1.15 bits per heavy atom. The van der Waals surface area contributed by atoms with Gasteiger partial charge >= 0.3 is 0 Å². The van der Waals surface area contributed by atoms with Crippen LogP contribution in [-0.2, 0) is 0 Å². The van der Waals surface area contributed by atoms with Crippen LogP contribution in [0.2, 0.25) is 0 Å². The summed E-state index contributed by atoms with van der Waals surface area (Å²) in [6, 6.07) is 19.6. The zero-order valence-corrected chi connectivity index (χ0v) is 13.7. The van der Waals surface area contributed by atoms with Crippen molar-refractivity contribution >= 4 is 24.1 Å². The molecule has 26 heavy (non-hydrogen) atoms. The molecule has 0 heterocycles. The fraction of sp³-hybridized carbons (Fsp3) is 0. The van der Waals surface area contributed by atoms with E-state index >= 15 is 0 Å². The van der Waals surface area contributed by atoms with Gasteiger partial charge in [0.15, 0.2) is 24.1 Å². The predicted octanol–water partition coefficient (Wildman–Crippen LogP) is 3.77. The van der Waals surface area contributed by atoms with E-state index in [1.807, 2.05) is 0 Å². The highest BCUT2D eigenvalue weighted by atomic mass is 16.1. The molecule has 0 atom stereocenters. The van der Waals surface area contributed by atoms with Crippen LogP contribution >= 0.6 is 0 Å². The largest absolute Gasteiger partial charge is 0.298 e. The lowest BCUT2D eigenvalue weighted by Crippen LogP contribution is -2.15. The van der Waals surface area contributed by atoms with Crippen LogP contribution in [0.25, 0.3) is 0 Å². The minimum Gasteiger partial charge on any atom is -0.298 e. The van der Waals surface area contributed by atoms with Crippen molar-refractivity contribution in [1.29, 1.82) is 0 Å². The number of rotatable bonds is 6. The van der Waals surface area contributed by atoms with E-state index in [0.29, 0.717) is 23.7 Å². The van der Waals surface area contributed by atoms with Crippen molar-refractivity contribution in [2.75, 3.05) is 0 Å². The first-order valence-corrected chi connectivity index (χ1v) is 7.94. The van der Waals surface area contributed by atoms with Gasteiger partial charge in [-0.25, -0.2) is 0 Å². The highest BCUT2D eigenvalue weighted by Crippen LogP contribution is 2.23. The molecule has 0 saturated carbocycles. The molecule has 0 N–H and O–H groups in total. The Bertz CT molecular complexity index is 989. The monoisotopic (exact) mass is 342 g/mol. The van der Waals surface area contributed by atoms with Gasteiger partial charge in [0, 0.05) is 33.4 Å². The van der Waals surface area contributed by atoms with Crippen molar-refractivity contribution in [3.05, 3.63) is 106 Å². The number of carbonyl (C=O) groups is 4. The minimum atomic E-state index is -0.476. The van der Waals surface area contributed by atoms with E-state index < -0.39 is 5.78 Å². The maximum absolute atomic E-state index is 13.0. The average molecular weight is 342 g/mol.